The van der Waals surface area contributed by atoms with Crippen molar-refractivity contribution < 1.29 is 18.8 Å². The fourth-order valence-corrected chi connectivity index (χ4v) is 3.80. The molecule has 142 valence electrons. The Kier molecular flexibility index (Phi) is 4.20. The van der Waals surface area contributed by atoms with Crippen molar-refractivity contribution in [2.24, 2.45) is 0 Å². The van der Waals surface area contributed by atoms with E-state index in [1.807, 2.05) is 18.2 Å². The third-order valence-corrected chi connectivity index (χ3v) is 5.22. The Hall–Kier alpha value is -3.35. The first-order chi connectivity index (χ1) is 13.8. The lowest BCUT2D eigenvalue weighted by Gasteiger charge is -2.10. The van der Waals surface area contributed by atoms with Crippen LogP contribution < -0.4 is 14.8 Å². The minimum Gasteiger partial charge on any atom is -0.454 e. The SMILES string of the molecule is O=C(C[C@@H]1CCc2ccccc21)NCc1noc(-c2ccc3c(c2)OCO3)n1. The van der Waals surface area contributed by atoms with Crippen molar-refractivity contribution in [3.8, 4) is 23.0 Å². The van der Waals surface area contributed by atoms with E-state index in [1.54, 1.807) is 6.07 Å². The zero-order valence-electron chi connectivity index (χ0n) is 15.2. The van der Waals surface area contributed by atoms with E-state index in [1.165, 1.54) is 11.1 Å². The molecule has 0 spiro atoms. The molecule has 0 saturated carbocycles. The van der Waals surface area contributed by atoms with Gasteiger partial charge in [-0.1, -0.05) is 29.4 Å². The zero-order valence-corrected chi connectivity index (χ0v) is 15.2. The molecule has 1 aliphatic heterocycles. The predicted molar refractivity (Wildman–Crippen MR) is 99.8 cm³/mol. The summed E-state index contributed by atoms with van der Waals surface area (Å²) in [7, 11) is 0. The topological polar surface area (TPSA) is 86.5 Å². The summed E-state index contributed by atoms with van der Waals surface area (Å²) in [4.78, 5) is 16.7. The number of carbonyl (C=O) groups excluding carboxylic acids is 1. The Morgan fingerprint density at radius 3 is 3.00 bits per heavy atom. The molecule has 0 saturated heterocycles. The van der Waals surface area contributed by atoms with Gasteiger partial charge in [0.15, 0.2) is 17.3 Å². The first kappa shape index (κ1) is 16.8. The Bertz CT molecular complexity index is 1030. The van der Waals surface area contributed by atoms with Gasteiger partial charge >= 0.3 is 0 Å². The number of fused-ring (bicyclic) bond motifs is 2. The number of benzene rings is 2. The first-order valence-corrected chi connectivity index (χ1v) is 9.33. The highest BCUT2D eigenvalue weighted by Crippen LogP contribution is 2.36. The average Bonchev–Trinajstić information content (AvgIpc) is 3.46. The van der Waals surface area contributed by atoms with E-state index >= 15 is 0 Å². The number of hydrogen-bond acceptors (Lipinski definition) is 6. The van der Waals surface area contributed by atoms with E-state index in [9.17, 15) is 4.79 Å². The molecule has 1 aromatic heterocycles. The molecule has 28 heavy (non-hydrogen) atoms. The molecule has 1 N–H and O–H groups in total. The van der Waals surface area contributed by atoms with Crippen LogP contribution in [0.2, 0.25) is 0 Å². The van der Waals surface area contributed by atoms with Crippen molar-refractivity contribution in [2.75, 3.05) is 6.79 Å². The molecular weight excluding hydrogens is 358 g/mol. The van der Waals surface area contributed by atoms with Gasteiger partial charge in [0.2, 0.25) is 12.7 Å². The number of ether oxygens (including phenoxy) is 2. The van der Waals surface area contributed by atoms with Crippen molar-refractivity contribution in [1.29, 1.82) is 0 Å². The number of nitrogens with zero attached hydrogens (tertiary/aromatic N) is 2. The summed E-state index contributed by atoms with van der Waals surface area (Å²) in [5, 5.41) is 6.85. The van der Waals surface area contributed by atoms with Crippen molar-refractivity contribution >= 4 is 5.91 Å². The fourth-order valence-electron chi connectivity index (χ4n) is 3.80. The summed E-state index contributed by atoms with van der Waals surface area (Å²) in [5.74, 6) is 2.45. The van der Waals surface area contributed by atoms with E-state index < -0.39 is 0 Å². The number of carbonyl (C=O) groups is 1. The Labute approximate surface area is 161 Å². The number of amides is 1. The summed E-state index contributed by atoms with van der Waals surface area (Å²) in [6, 6.07) is 13.8. The van der Waals surface area contributed by atoms with Gasteiger partial charge < -0.3 is 19.3 Å². The molecule has 3 aromatic rings. The predicted octanol–water partition coefficient (Wildman–Crippen LogP) is 3.20. The molecule has 7 heteroatoms. The standard InChI is InChI=1S/C21H19N3O4/c25-20(10-14-6-5-13-3-1-2-4-16(13)14)22-11-19-23-21(28-24-19)15-7-8-17-18(9-15)27-12-26-17/h1-4,7-9,14H,5-6,10-12H2,(H,22,25)/t14-/m0/s1. The van der Waals surface area contributed by atoms with E-state index in [4.69, 9.17) is 14.0 Å². The smallest absolute Gasteiger partial charge is 0.258 e. The maximum absolute atomic E-state index is 12.4. The second kappa shape index (κ2) is 6.99. The zero-order chi connectivity index (χ0) is 18.9. The van der Waals surface area contributed by atoms with E-state index in [0.717, 1.165) is 18.4 Å². The number of nitrogens with one attached hydrogen (secondary N) is 1. The van der Waals surface area contributed by atoms with Crippen LogP contribution in [0, 0.1) is 0 Å². The molecule has 2 aliphatic rings. The van der Waals surface area contributed by atoms with E-state index in [0.29, 0.717) is 29.6 Å². The van der Waals surface area contributed by atoms with Crippen LogP contribution in [-0.4, -0.2) is 22.8 Å². The molecular formula is C21H19N3O4. The third kappa shape index (κ3) is 3.19. The molecule has 0 radical (unpaired) electrons. The van der Waals surface area contributed by atoms with Gasteiger partial charge in [-0.2, -0.15) is 4.98 Å². The summed E-state index contributed by atoms with van der Waals surface area (Å²) < 4.78 is 16.0. The molecule has 2 heterocycles. The lowest BCUT2D eigenvalue weighted by atomic mass is 9.97. The molecule has 1 atom stereocenters. The quantitative estimate of drug-likeness (QED) is 0.735. The van der Waals surface area contributed by atoms with Gasteiger partial charge in [0.05, 0.1) is 6.54 Å². The summed E-state index contributed by atoms with van der Waals surface area (Å²) in [6.07, 6.45) is 2.53. The lowest BCUT2D eigenvalue weighted by molar-refractivity contribution is -0.121. The van der Waals surface area contributed by atoms with Crippen molar-refractivity contribution in [3.63, 3.8) is 0 Å². The van der Waals surface area contributed by atoms with Crippen LogP contribution in [0.4, 0.5) is 0 Å². The fraction of sp³-hybridized carbons (Fsp3) is 0.286. The van der Waals surface area contributed by atoms with Crippen LogP contribution in [0.3, 0.4) is 0 Å². The second-order valence-corrected chi connectivity index (χ2v) is 7.00. The molecule has 1 aliphatic carbocycles. The monoisotopic (exact) mass is 377 g/mol. The molecule has 7 nitrogen and oxygen atoms in total. The largest absolute Gasteiger partial charge is 0.454 e. The summed E-state index contributed by atoms with van der Waals surface area (Å²) in [6.45, 7) is 0.451. The number of rotatable bonds is 5. The van der Waals surface area contributed by atoms with Crippen LogP contribution in [0.15, 0.2) is 47.0 Å². The first-order valence-electron chi connectivity index (χ1n) is 9.33. The highest BCUT2D eigenvalue weighted by Gasteiger charge is 2.24. The average molecular weight is 377 g/mol. The van der Waals surface area contributed by atoms with Gasteiger partial charge in [-0.05, 0) is 48.1 Å². The second-order valence-electron chi connectivity index (χ2n) is 7.00. The van der Waals surface area contributed by atoms with Crippen LogP contribution in [0.5, 0.6) is 11.5 Å². The van der Waals surface area contributed by atoms with Gasteiger partial charge in [-0.25, -0.2) is 0 Å². The van der Waals surface area contributed by atoms with Crippen LogP contribution in [-0.2, 0) is 17.8 Å². The highest BCUT2D eigenvalue weighted by atomic mass is 16.7. The maximum Gasteiger partial charge on any atom is 0.258 e. The van der Waals surface area contributed by atoms with E-state index in [2.05, 4.69) is 33.7 Å². The van der Waals surface area contributed by atoms with Gasteiger partial charge in [-0.3, -0.25) is 4.79 Å². The minimum atomic E-state index is -0.00358. The van der Waals surface area contributed by atoms with Gasteiger partial charge in [0.1, 0.15) is 0 Å². The van der Waals surface area contributed by atoms with Crippen molar-refractivity contribution in [1.82, 2.24) is 15.5 Å². The Balaban J connectivity index is 1.19. The minimum absolute atomic E-state index is 0.00358. The van der Waals surface area contributed by atoms with Crippen molar-refractivity contribution in [2.45, 2.75) is 31.7 Å². The maximum atomic E-state index is 12.4. The normalized spacial score (nSPS) is 16.8. The lowest BCUT2D eigenvalue weighted by Crippen LogP contribution is -2.24. The van der Waals surface area contributed by atoms with Crippen LogP contribution in [0.1, 0.15) is 35.7 Å². The molecule has 0 unspecified atom stereocenters. The molecule has 0 bridgehead atoms. The van der Waals surface area contributed by atoms with Crippen LogP contribution in [0.25, 0.3) is 11.5 Å². The van der Waals surface area contributed by atoms with Crippen molar-refractivity contribution in [3.05, 3.63) is 59.4 Å². The van der Waals surface area contributed by atoms with Gasteiger partial charge in [0, 0.05) is 12.0 Å². The summed E-state index contributed by atoms with van der Waals surface area (Å²) in [5.41, 5.74) is 3.39. The van der Waals surface area contributed by atoms with Gasteiger partial charge in [-0.15, -0.1) is 0 Å². The van der Waals surface area contributed by atoms with Gasteiger partial charge in [0.25, 0.3) is 5.89 Å². The molecule has 2 aromatic carbocycles. The number of hydrogen-bond donors (Lipinski definition) is 1. The summed E-state index contributed by atoms with van der Waals surface area (Å²) >= 11 is 0. The van der Waals surface area contributed by atoms with Crippen LogP contribution >= 0.6 is 0 Å². The number of aryl methyl sites for hydroxylation is 1. The molecule has 5 rings (SSSR count). The van der Waals surface area contributed by atoms with E-state index in [-0.39, 0.29) is 25.2 Å². The Morgan fingerprint density at radius 1 is 1.14 bits per heavy atom. The molecule has 0 fully saturated rings. The number of aromatic nitrogens is 2. The third-order valence-electron chi connectivity index (χ3n) is 5.22. The Morgan fingerprint density at radius 2 is 2.04 bits per heavy atom. The molecule has 1 amide bonds. The highest BCUT2D eigenvalue weighted by molar-refractivity contribution is 5.77.